The fourth-order valence-electron chi connectivity index (χ4n) is 3.45. The topological polar surface area (TPSA) is 65.8 Å². The van der Waals surface area contributed by atoms with Gasteiger partial charge < -0.3 is 14.4 Å². The lowest BCUT2D eigenvalue weighted by Gasteiger charge is -2.37. The molecule has 0 bridgehead atoms. The summed E-state index contributed by atoms with van der Waals surface area (Å²) in [7, 11) is 3.06. The van der Waals surface area contributed by atoms with Gasteiger partial charge in [-0.1, -0.05) is 35.9 Å². The Morgan fingerprint density at radius 3 is 2.18 bits per heavy atom. The third-order valence-corrected chi connectivity index (χ3v) is 5.27. The number of ether oxygens (including phenoxy) is 2. The number of piperazine rings is 1. The third-order valence-electron chi connectivity index (χ3n) is 4.93. The molecule has 28 heavy (non-hydrogen) atoms. The van der Waals surface area contributed by atoms with Crippen molar-refractivity contribution in [1.29, 1.82) is 5.26 Å². The molecule has 0 N–H and O–H groups in total. The van der Waals surface area contributed by atoms with Gasteiger partial charge in [-0.15, -0.1) is 0 Å². The number of carbonyl (C=O) groups is 1. The van der Waals surface area contributed by atoms with Gasteiger partial charge in [0.05, 0.1) is 20.3 Å². The van der Waals surface area contributed by atoms with Crippen LogP contribution in [0.1, 0.15) is 22.0 Å². The zero-order valence-corrected chi connectivity index (χ0v) is 16.6. The molecule has 6 nitrogen and oxygen atoms in total. The minimum Gasteiger partial charge on any atom is -0.496 e. The Morgan fingerprint density at radius 1 is 1.04 bits per heavy atom. The summed E-state index contributed by atoms with van der Waals surface area (Å²) in [6.45, 7) is 2.16. The second-order valence-corrected chi connectivity index (χ2v) is 6.83. The standard InChI is InChI=1S/C21H22ClN3O3/c1-27-18-8-5-9-19(28-2)20(18)21(26)25-12-10-24(11-13-25)17(14-23)15-6-3-4-7-16(15)22/h3-9,17H,10-13H2,1-2H3. The van der Waals surface area contributed by atoms with Crippen LogP contribution in [0.3, 0.4) is 0 Å². The maximum absolute atomic E-state index is 13.1. The van der Waals surface area contributed by atoms with E-state index in [2.05, 4.69) is 6.07 Å². The van der Waals surface area contributed by atoms with Gasteiger partial charge in [-0.25, -0.2) is 0 Å². The van der Waals surface area contributed by atoms with Gasteiger partial charge >= 0.3 is 0 Å². The van der Waals surface area contributed by atoms with E-state index in [4.69, 9.17) is 21.1 Å². The molecule has 0 aliphatic carbocycles. The van der Waals surface area contributed by atoms with E-state index in [1.165, 1.54) is 14.2 Å². The van der Waals surface area contributed by atoms with E-state index in [9.17, 15) is 10.1 Å². The molecule has 0 spiro atoms. The normalized spacial score (nSPS) is 15.6. The number of benzene rings is 2. The lowest BCUT2D eigenvalue weighted by atomic mass is 10.0. The molecule has 1 saturated heterocycles. The quantitative estimate of drug-likeness (QED) is 0.771. The number of nitrogens with zero attached hydrogens (tertiary/aromatic N) is 3. The number of carbonyl (C=O) groups excluding carboxylic acids is 1. The Balaban J connectivity index is 1.75. The maximum atomic E-state index is 13.1. The fourth-order valence-corrected chi connectivity index (χ4v) is 3.69. The van der Waals surface area contributed by atoms with Crippen LogP contribution in [-0.2, 0) is 0 Å². The molecule has 1 aliphatic rings. The van der Waals surface area contributed by atoms with Crippen molar-refractivity contribution in [3.05, 3.63) is 58.6 Å². The van der Waals surface area contributed by atoms with Crippen molar-refractivity contribution >= 4 is 17.5 Å². The number of halogens is 1. The Hall–Kier alpha value is -2.75. The van der Waals surface area contributed by atoms with Crippen molar-refractivity contribution in [1.82, 2.24) is 9.80 Å². The SMILES string of the molecule is COc1cccc(OC)c1C(=O)N1CCN(C(C#N)c2ccccc2Cl)CC1. The highest BCUT2D eigenvalue weighted by Gasteiger charge is 2.30. The zero-order chi connectivity index (χ0) is 20.1. The van der Waals surface area contributed by atoms with Crippen LogP contribution >= 0.6 is 11.6 Å². The molecule has 3 rings (SSSR count). The Morgan fingerprint density at radius 2 is 1.64 bits per heavy atom. The summed E-state index contributed by atoms with van der Waals surface area (Å²) in [6, 6.07) is 14.6. The van der Waals surface area contributed by atoms with Crippen molar-refractivity contribution in [3.63, 3.8) is 0 Å². The van der Waals surface area contributed by atoms with Crippen LogP contribution in [0.2, 0.25) is 5.02 Å². The van der Waals surface area contributed by atoms with Crippen LogP contribution in [0.5, 0.6) is 11.5 Å². The minimum absolute atomic E-state index is 0.139. The van der Waals surface area contributed by atoms with E-state index < -0.39 is 6.04 Å². The van der Waals surface area contributed by atoms with Crippen LogP contribution in [0.4, 0.5) is 0 Å². The number of rotatable bonds is 5. The largest absolute Gasteiger partial charge is 0.496 e. The molecule has 1 unspecified atom stereocenters. The molecule has 1 aliphatic heterocycles. The minimum atomic E-state index is -0.438. The van der Waals surface area contributed by atoms with E-state index in [0.29, 0.717) is 48.3 Å². The third kappa shape index (κ3) is 3.91. The molecule has 1 amide bonds. The summed E-state index contributed by atoms with van der Waals surface area (Å²) < 4.78 is 10.7. The highest BCUT2D eigenvalue weighted by Crippen LogP contribution is 2.31. The van der Waals surface area contributed by atoms with Crippen LogP contribution in [-0.4, -0.2) is 56.1 Å². The first-order chi connectivity index (χ1) is 13.6. The number of nitriles is 1. The van der Waals surface area contributed by atoms with Gasteiger partial charge in [-0.2, -0.15) is 5.26 Å². The Labute approximate surface area is 169 Å². The van der Waals surface area contributed by atoms with Crippen molar-refractivity contribution in [3.8, 4) is 17.6 Å². The summed E-state index contributed by atoms with van der Waals surface area (Å²) in [5, 5.41) is 10.3. The van der Waals surface area contributed by atoms with Crippen molar-refractivity contribution in [2.75, 3.05) is 40.4 Å². The maximum Gasteiger partial charge on any atom is 0.261 e. The van der Waals surface area contributed by atoms with Gasteiger partial charge in [-0.05, 0) is 18.2 Å². The number of amides is 1. The molecule has 0 saturated carbocycles. The van der Waals surface area contributed by atoms with Crippen molar-refractivity contribution in [2.45, 2.75) is 6.04 Å². The molecule has 1 fully saturated rings. The molecule has 7 heteroatoms. The van der Waals surface area contributed by atoms with Gasteiger partial charge in [-0.3, -0.25) is 9.69 Å². The lowest BCUT2D eigenvalue weighted by Crippen LogP contribution is -2.49. The van der Waals surface area contributed by atoms with Crippen LogP contribution < -0.4 is 9.47 Å². The highest BCUT2D eigenvalue weighted by molar-refractivity contribution is 6.31. The molecule has 1 heterocycles. The van der Waals surface area contributed by atoms with Gasteiger partial charge in [0, 0.05) is 36.8 Å². The van der Waals surface area contributed by atoms with Gasteiger partial charge in [0.2, 0.25) is 0 Å². The highest BCUT2D eigenvalue weighted by atomic mass is 35.5. The van der Waals surface area contributed by atoms with Gasteiger partial charge in [0.25, 0.3) is 5.91 Å². The monoisotopic (exact) mass is 399 g/mol. The number of hydrogen-bond donors (Lipinski definition) is 0. The van der Waals surface area contributed by atoms with Gasteiger partial charge in [0.1, 0.15) is 23.1 Å². The summed E-state index contributed by atoms with van der Waals surface area (Å²) in [4.78, 5) is 16.9. The molecule has 146 valence electrons. The average molecular weight is 400 g/mol. The van der Waals surface area contributed by atoms with Gasteiger partial charge in [0.15, 0.2) is 0 Å². The molecule has 2 aromatic rings. The second kappa shape index (κ2) is 8.96. The van der Waals surface area contributed by atoms with E-state index in [-0.39, 0.29) is 5.91 Å². The predicted octanol–water partition coefficient (Wildman–Crippen LogP) is 3.38. The number of hydrogen-bond acceptors (Lipinski definition) is 5. The molecular formula is C21H22ClN3O3. The Bertz CT molecular complexity index is 866. The molecular weight excluding hydrogens is 378 g/mol. The first kappa shape index (κ1) is 20.0. The molecule has 0 aromatic heterocycles. The zero-order valence-electron chi connectivity index (χ0n) is 15.9. The van der Waals surface area contributed by atoms with E-state index in [0.717, 1.165) is 5.56 Å². The van der Waals surface area contributed by atoms with Crippen molar-refractivity contribution in [2.24, 2.45) is 0 Å². The van der Waals surface area contributed by atoms with E-state index in [1.807, 2.05) is 23.1 Å². The lowest BCUT2D eigenvalue weighted by molar-refractivity contribution is 0.0600. The summed E-state index contributed by atoms with van der Waals surface area (Å²) in [6.07, 6.45) is 0. The smallest absolute Gasteiger partial charge is 0.261 e. The summed E-state index contributed by atoms with van der Waals surface area (Å²) >= 11 is 6.27. The van der Waals surface area contributed by atoms with Crippen molar-refractivity contribution < 1.29 is 14.3 Å². The summed E-state index contributed by atoms with van der Waals surface area (Å²) in [5.74, 6) is 0.829. The fraction of sp³-hybridized carbons (Fsp3) is 0.333. The Kier molecular flexibility index (Phi) is 6.40. The molecule has 2 aromatic carbocycles. The first-order valence-corrected chi connectivity index (χ1v) is 9.36. The molecule has 0 radical (unpaired) electrons. The van der Waals surface area contributed by atoms with Crippen LogP contribution in [0.25, 0.3) is 0 Å². The van der Waals surface area contributed by atoms with E-state index in [1.54, 1.807) is 29.2 Å². The predicted molar refractivity (Wildman–Crippen MR) is 107 cm³/mol. The average Bonchev–Trinajstić information content (AvgIpc) is 2.75. The van der Waals surface area contributed by atoms with Crippen LogP contribution in [0, 0.1) is 11.3 Å². The van der Waals surface area contributed by atoms with E-state index >= 15 is 0 Å². The van der Waals surface area contributed by atoms with Crippen LogP contribution in [0.15, 0.2) is 42.5 Å². The molecule has 1 atom stereocenters. The number of methoxy groups -OCH3 is 2. The second-order valence-electron chi connectivity index (χ2n) is 6.42. The first-order valence-electron chi connectivity index (χ1n) is 8.99. The summed E-state index contributed by atoms with van der Waals surface area (Å²) in [5.41, 5.74) is 1.21.